The van der Waals surface area contributed by atoms with E-state index in [4.69, 9.17) is 4.99 Å². The monoisotopic (exact) mass is 496 g/mol. The van der Waals surface area contributed by atoms with Crippen molar-refractivity contribution >= 4 is 35.9 Å². The van der Waals surface area contributed by atoms with Crippen molar-refractivity contribution in [2.24, 2.45) is 4.99 Å². The highest BCUT2D eigenvalue weighted by atomic mass is 127. The molecule has 0 saturated carbocycles. The maximum Gasteiger partial charge on any atom is 0.225 e. The molecule has 0 unspecified atom stereocenters. The summed E-state index contributed by atoms with van der Waals surface area (Å²) < 4.78 is 0. The number of halogens is 1. The summed E-state index contributed by atoms with van der Waals surface area (Å²) in [7, 11) is 0. The van der Waals surface area contributed by atoms with Crippen LogP contribution < -0.4 is 10.2 Å². The molecule has 2 heterocycles. The maximum atomic E-state index is 9.35. The Kier molecular flexibility index (Phi) is 9.26. The smallest absolute Gasteiger partial charge is 0.225 e. The van der Waals surface area contributed by atoms with Crippen molar-refractivity contribution < 1.29 is 5.11 Å². The average Bonchev–Trinajstić information content (AvgIpc) is 2.72. The number of phenolic OH excluding ortho intramolecular Hbond substituents is 1. The summed E-state index contributed by atoms with van der Waals surface area (Å²) in [5, 5.41) is 12.8. The minimum absolute atomic E-state index is 0. The number of anilines is 1. The maximum absolute atomic E-state index is 9.35. The first-order valence-corrected chi connectivity index (χ1v) is 9.59. The van der Waals surface area contributed by atoms with E-state index in [1.807, 2.05) is 18.2 Å². The van der Waals surface area contributed by atoms with Crippen molar-refractivity contribution in [1.29, 1.82) is 0 Å². The number of hydrogen-bond donors (Lipinski definition) is 2. The fraction of sp³-hybridized carbons (Fsp3) is 0.450. The summed E-state index contributed by atoms with van der Waals surface area (Å²) in [6.45, 7) is 7.33. The van der Waals surface area contributed by atoms with Crippen LogP contribution in [0.5, 0.6) is 5.75 Å². The van der Waals surface area contributed by atoms with Crippen LogP contribution in [0.25, 0.3) is 0 Å². The fourth-order valence-corrected chi connectivity index (χ4v) is 3.13. The van der Waals surface area contributed by atoms with Crippen LogP contribution in [-0.4, -0.2) is 65.2 Å². The van der Waals surface area contributed by atoms with E-state index in [0.29, 0.717) is 5.75 Å². The number of aromatic hydroxyl groups is 1. The summed E-state index contributed by atoms with van der Waals surface area (Å²) >= 11 is 0. The quantitative estimate of drug-likeness (QED) is 0.277. The predicted molar refractivity (Wildman–Crippen MR) is 124 cm³/mol. The molecule has 152 valence electrons. The van der Waals surface area contributed by atoms with E-state index in [9.17, 15) is 5.11 Å². The van der Waals surface area contributed by atoms with E-state index in [1.54, 1.807) is 24.5 Å². The first-order chi connectivity index (χ1) is 13.3. The Labute approximate surface area is 183 Å². The van der Waals surface area contributed by atoms with E-state index >= 15 is 0 Å². The van der Waals surface area contributed by atoms with Crippen molar-refractivity contribution in [2.45, 2.75) is 19.8 Å². The fourth-order valence-electron chi connectivity index (χ4n) is 3.13. The Hall–Kier alpha value is -2.10. The van der Waals surface area contributed by atoms with E-state index in [0.717, 1.165) is 64.0 Å². The first-order valence-electron chi connectivity index (χ1n) is 9.59. The molecule has 8 heteroatoms. The van der Waals surface area contributed by atoms with Gasteiger partial charge in [-0.15, -0.1) is 24.0 Å². The molecule has 0 radical (unpaired) electrons. The van der Waals surface area contributed by atoms with Crippen LogP contribution >= 0.6 is 24.0 Å². The van der Waals surface area contributed by atoms with Gasteiger partial charge in [-0.2, -0.15) is 0 Å². The number of rotatable bonds is 6. The molecule has 3 rings (SSSR count). The molecule has 2 N–H and O–H groups in total. The van der Waals surface area contributed by atoms with Crippen LogP contribution in [0.1, 0.15) is 18.9 Å². The number of nitrogens with one attached hydrogen (secondary N) is 1. The molecule has 28 heavy (non-hydrogen) atoms. The number of aromatic nitrogens is 2. The Morgan fingerprint density at radius 2 is 1.79 bits per heavy atom. The Morgan fingerprint density at radius 1 is 1.11 bits per heavy atom. The van der Waals surface area contributed by atoms with Crippen molar-refractivity contribution in [1.82, 2.24) is 20.2 Å². The zero-order valence-corrected chi connectivity index (χ0v) is 18.6. The largest absolute Gasteiger partial charge is 0.508 e. The summed E-state index contributed by atoms with van der Waals surface area (Å²) in [6.07, 6.45) is 5.52. The minimum Gasteiger partial charge on any atom is -0.508 e. The summed E-state index contributed by atoms with van der Waals surface area (Å²) in [5.41, 5.74) is 1.23. The van der Waals surface area contributed by atoms with Crippen LogP contribution in [-0.2, 0) is 6.42 Å². The van der Waals surface area contributed by atoms with Gasteiger partial charge in [0.1, 0.15) is 5.75 Å². The molecule has 2 aromatic rings. The topological polar surface area (TPSA) is 76.9 Å². The van der Waals surface area contributed by atoms with Gasteiger partial charge >= 0.3 is 0 Å². The van der Waals surface area contributed by atoms with Gasteiger partial charge in [-0.05, 0) is 43.5 Å². The molecule has 1 saturated heterocycles. The number of aliphatic imine (C=N–C) groups is 1. The molecule has 0 spiro atoms. The highest BCUT2D eigenvalue weighted by Gasteiger charge is 2.20. The van der Waals surface area contributed by atoms with Gasteiger partial charge in [0, 0.05) is 51.7 Å². The van der Waals surface area contributed by atoms with Gasteiger partial charge in [0.25, 0.3) is 0 Å². The SMILES string of the molecule is CCNC(=NCCCc1ccc(O)cc1)N1CCN(c2ncccn2)CC1.I. The lowest BCUT2D eigenvalue weighted by atomic mass is 10.1. The van der Waals surface area contributed by atoms with Gasteiger partial charge in [-0.3, -0.25) is 4.99 Å². The molecular formula is C20H29IN6O. The van der Waals surface area contributed by atoms with Crippen molar-refractivity contribution in [3.05, 3.63) is 48.3 Å². The lowest BCUT2D eigenvalue weighted by molar-refractivity contribution is 0.370. The van der Waals surface area contributed by atoms with Gasteiger partial charge in [-0.1, -0.05) is 12.1 Å². The Balaban J connectivity index is 0.00000280. The second-order valence-electron chi connectivity index (χ2n) is 6.53. The number of benzene rings is 1. The first kappa shape index (κ1) is 22.2. The van der Waals surface area contributed by atoms with Crippen LogP contribution in [0, 0.1) is 0 Å². The third-order valence-corrected chi connectivity index (χ3v) is 4.57. The third kappa shape index (κ3) is 6.50. The van der Waals surface area contributed by atoms with Crippen molar-refractivity contribution in [2.75, 3.05) is 44.2 Å². The van der Waals surface area contributed by atoms with E-state index in [2.05, 4.69) is 32.0 Å². The number of hydrogen-bond acceptors (Lipinski definition) is 5. The van der Waals surface area contributed by atoms with E-state index in [1.165, 1.54) is 5.56 Å². The minimum atomic E-state index is 0. The molecular weight excluding hydrogens is 467 g/mol. The molecule has 1 fully saturated rings. The normalized spacial score (nSPS) is 14.5. The van der Waals surface area contributed by atoms with E-state index < -0.39 is 0 Å². The van der Waals surface area contributed by atoms with Crippen LogP contribution in [0.4, 0.5) is 5.95 Å². The zero-order valence-electron chi connectivity index (χ0n) is 16.3. The van der Waals surface area contributed by atoms with Crippen LogP contribution in [0.15, 0.2) is 47.7 Å². The number of phenols is 1. The highest BCUT2D eigenvalue weighted by molar-refractivity contribution is 14.0. The molecule has 1 aliphatic heterocycles. The van der Waals surface area contributed by atoms with Gasteiger partial charge in [-0.25, -0.2) is 9.97 Å². The Bertz CT molecular complexity index is 717. The highest BCUT2D eigenvalue weighted by Crippen LogP contribution is 2.12. The lowest BCUT2D eigenvalue weighted by Crippen LogP contribution is -2.53. The molecule has 7 nitrogen and oxygen atoms in total. The molecule has 0 aliphatic carbocycles. The second-order valence-corrected chi connectivity index (χ2v) is 6.53. The zero-order chi connectivity index (χ0) is 18.9. The van der Waals surface area contributed by atoms with Gasteiger partial charge in [0.15, 0.2) is 5.96 Å². The summed E-state index contributed by atoms with van der Waals surface area (Å²) in [6, 6.07) is 9.25. The summed E-state index contributed by atoms with van der Waals surface area (Å²) in [4.78, 5) is 18.0. The average molecular weight is 496 g/mol. The molecule has 1 aliphatic rings. The molecule has 0 atom stereocenters. The Morgan fingerprint density at radius 3 is 2.43 bits per heavy atom. The van der Waals surface area contributed by atoms with Gasteiger partial charge in [0.2, 0.25) is 5.95 Å². The standard InChI is InChI=1S/C20H28N6O.HI/c1-2-21-19(22-10-3-5-17-6-8-18(27)9-7-17)25-13-15-26(16-14-25)20-23-11-4-12-24-20;/h4,6-9,11-12,27H,2-3,5,10,13-16H2,1H3,(H,21,22);1H. The molecule has 1 aromatic heterocycles. The number of guanidine groups is 1. The third-order valence-electron chi connectivity index (χ3n) is 4.57. The van der Waals surface area contributed by atoms with Crippen LogP contribution in [0.3, 0.4) is 0 Å². The lowest BCUT2D eigenvalue weighted by Gasteiger charge is -2.36. The molecule has 0 bridgehead atoms. The van der Waals surface area contributed by atoms with E-state index in [-0.39, 0.29) is 24.0 Å². The second kappa shape index (κ2) is 11.7. The van der Waals surface area contributed by atoms with Gasteiger partial charge < -0.3 is 20.2 Å². The number of piperazine rings is 1. The molecule has 1 aromatic carbocycles. The number of aryl methyl sites for hydroxylation is 1. The van der Waals surface area contributed by atoms with Crippen LogP contribution in [0.2, 0.25) is 0 Å². The molecule has 0 amide bonds. The van der Waals surface area contributed by atoms with Crippen molar-refractivity contribution in [3.8, 4) is 5.75 Å². The van der Waals surface area contributed by atoms with Gasteiger partial charge in [0.05, 0.1) is 0 Å². The number of nitrogens with zero attached hydrogens (tertiary/aromatic N) is 5. The predicted octanol–water partition coefficient (Wildman–Crippen LogP) is 2.52. The summed E-state index contributed by atoms with van der Waals surface area (Å²) in [5.74, 6) is 2.09. The van der Waals surface area contributed by atoms with Crippen molar-refractivity contribution in [3.63, 3.8) is 0 Å².